The molecule has 2 atom stereocenters. The summed E-state index contributed by atoms with van der Waals surface area (Å²) in [6, 6.07) is 9.22. The van der Waals surface area contributed by atoms with Gasteiger partial charge in [0.2, 0.25) is 0 Å². The summed E-state index contributed by atoms with van der Waals surface area (Å²) < 4.78 is 0. The van der Waals surface area contributed by atoms with Crippen LogP contribution in [0.25, 0.3) is 0 Å². The highest BCUT2D eigenvalue weighted by atomic mass is 16.4. The molecule has 0 aliphatic heterocycles. The van der Waals surface area contributed by atoms with Crippen LogP contribution in [0.5, 0.6) is 0 Å². The first-order valence-electron chi connectivity index (χ1n) is 6.21. The van der Waals surface area contributed by atoms with Crippen LogP contribution in [0.1, 0.15) is 25.5 Å². The highest BCUT2D eigenvalue weighted by Crippen LogP contribution is 2.11. The molecule has 1 aromatic carbocycles. The molecule has 0 saturated carbocycles. The molecule has 2 N–H and O–H groups in total. The number of nitrogens with zero attached hydrogens (tertiary/aromatic N) is 1. The molecule has 5 heteroatoms. The Labute approximate surface area is 113 Å². The van der Waals surface area contributed by atoms with Gasteiger partial charge in [-0.05, 0) is 12.5 Å². The van der Waals surface area contributed by atoms with Crippen LogP contribution in [0.15, 0.2) is 30.3 Å². The second-order valence-corrected chi connectivity index (χ2v) is 4.70. The minimum absolute atomic E-state index is 0.115. The Kier molecular flexibility index (Phi) is 5.36. The van der Waals surface area contributed by atoms with Crippen molar-refractivity contribution in [3.63, 3.8) is 0 Å². The number of urea groups is 1. The summed E-state index contributed by atoms with van der Waals surface area (Å²) in [6.45, 7) is 3.65. The van der Waals surface area contributed by atoms with Gasteiger partial charge in [0.25, 0.3) is 0 Å². The standard InChI is InChI=1S/C14H20N2O3/c1-10(13(17)18)9-16(3)14(19)15-11(2)12-7-5-4-6-8-12/h4-8,10-11H,9H2,1-3H3,(H,15,19)(H,17,18). The average molecular weight is 264 g/mol. The number of carboxylic acids is 1. The molecule has 0 fully saturated rings. The van der Waals surface area contributed by atoms with Crippen molar-refractivity contribution in [3.8, 4) is 0 Å². The van der Waals surface area contributed by atoms with Crippen molar-refractivity contribution < 1.29 is 14.7 Å². The van der Waals surface area contributed by atoms with Gasteiger partial charge < -0.3 is 15.3 Å². The SMILES string of the molecule is CC(CN(C)C(=O)NC(C)c1ccccc1)C(=O)O. The van der Waals surface area contributed by atoms with Gasteiger partial charge in [0.15, 0.2) is 0 Å². The summed E-state index contributed by atoms with van der Waals surface area (Å²) in [6.07, 6.45) is 0. The fraction of sp³-hybridized carbons (Fsp3) is 0.429. The maximum atomic E-state index is 11.9. The summed E-state index contributed by atoms with van der Waals surface area (Å²) in [4.78, 5) is 24.0. The van der Waals surface area contributed by atoms with Crippen molar-refractivity contribution in [1.82, 2.24) is 10.2 Å². The van der Waals surface area contributed by atoms with Gasteiger partial charge in [0, 0.05) is 13.6 Å². The Hall–Kier alpha value is -2.04. The largest absolute Gasteiger partial charge is 0.481 e. The topological polar surface area (TPSA) is 69.6 Å². The van der Waals surface area contributed by atoms with Crippen LogP contribution in [0.4, 0.5) is 4.79 Å². The Morgan fingerprint density at radius 3 is 2.37 bits per heavy atom. The van der Waals surface area contributed by atoms with E-state index in [0.717, 1.165) is 5.56 Å². The Morgan fingerprint density at radius 2 is 1.84 bits per heavy atom. The zero-order valence-corrected chi connectivity index (χ0v) is 11.5. The maximum absolute atomic E-state index is 11.9. The van der Waals surface area contributed by atoms with Gasteiger partial charge in [0.1, 0.15) is 0 Å². The zero-order valence-electron chi connectivity index (χ0n) is 11.5. The van der Waals surface area contributed by atoms with Crippen molar-refractivity contribution in [2.24, 2.45) is 5.92 Å². The Balaban J connectivity index is 2.53. The lowest BCUT2D eigenvalue weighted by molar-refractivity contribution is -0.141. The predicted molar refractivity (Wildman–Crippen MR) is 72.8 cm³/mol. The van der Waals surface area contributed by atoms with E-state index in [1.807, 2.05) is 37.3 Å². The third-order valence-corrected chi connectivity index (χ3v) is 2.96. The molecule has 19 heavy (non-hydrogen) atoms. The van der Waals surface area contributed by atoms with Gasteiger partial charge in [-0.3, -0.25) is 4.79 Å². The average Bonchev–Trinajstić information content (AvgIpc) is 2.39. The van der Waals surface area contributed by atoms with E-state index >= 15 is 0 Å². The number of rotatable bonds is 5. The fourth-order valence-electron chi connectivity index (χ4n) is 1.69. The molecule has 0 radical (unpaired) electrons. The molecule has 0 aliphatic rings. The lowest BCUT2D eigenvalue weighted by Gasteiger charge is -2.23. The van der Waals surface area contributed by atoms with Crippen LogP contribution >= 0.6 is 0 Å². The second kappa shape index (κ2) is 6.78. The minimum atomic E-state index is -0.907. The number of carbonyl (C=O) groups is 2. The highest BCUT2D eigenvalue weighted by Gasteiger charge is 2.18. The third kappa shape index (κ3) is 4.62. The Morgan fingerprint density at radius 1 is 1.26 bits per heavy atom. The van der Waals surface area contributed by atoms with Crippen LogP contribution in [-0.2, 0) is 4.79 Å². The van der Waals surface area contributed by atoms with Crippen LogP contribution in [-0.4, -0.2) is 35.6 Å². The van der Waals surface area contributed by atoms with E-state index in [2.05, 4.69) is 5.32 Å². The highest BCUT2D eigenvalue weighted by molar-refractivity contribution is 5.76. The molecule has 0 heterocycles. The summed E-state index contributed by atoms with van der Waals surface area (Å²) in [5.41, 5.74) is 1.01. The summed E-state index contributed by atoms with van der Waals surface area (Å²) >= 11 is 0. The quantitative estimate of drug-likeness (QED) is 0.855. The summed E-state index contributed by atoms with van der Waals surface area (Å²) in [5, 5.41) is 11.6. The molecule has 2 amide bonds. The van der Waals surface area contributed by atoms with E-state index in [-0.39, 0.29) is 18.6 Å². The van der Waals surface area contributed by atoms with Crippen molar-refractivity contribution in [2.45, 2.75) is 19.9 Å². The normalized spacial score (nSPS) is 13.4. The summed E-state index contributed by atoms with van der Waals surface area (Å²) in [7, 11) is 1.59. The fourth-order valence-corrected chi connectivity index (χ4v) is 1.69. The van der Waals surface area contributed by atoms with Gasteiger partial charge in [-0.1, -0.05) is 37.3 Å². The molecular weight excluding hydrogens is 244 g/mol. The van der Waals surface area contributed by atoms with Crippen molar-refractivity contribution >= 4 is 12.0 Å². The number of carboxylic acid groups (broad SMARTS) is 1. The molecule has 1 aromatic rings. The van der Waals surface area contributed by atoms with Crippen molar-refractivity contribution in [3.05, 3.63) is 35.9 Å². The number of benzene rings is 1. The molecule has 0 spiro atoms. The lowest BCUT2D eigenvalue weighted by Crippen LogP contribution is -2.41. The molecule has 0 aliphatic carbocycles. The zero-order chi connectivity index (χ0) is 14.4. The molecule has 5 nitrogen and oxygen atoms in total. The smallest absolute Gasteiger partial charge is 0.317 e. The van der Waals surface area contributed by atoms with E-state index in [4.69, 9.17) is 5.11 Å². The van der Waals surface area contributed by atoms with Gasteiger partial charge in [-0.2, -0.15) is 0 Å². The van der Waals surface area contributed by atoms with Gasteiger partial charge in [-0.15, -0.1) is 0 Å². The van der Waals surface area contributed by atoms with Gasteiger partial charge >= 0.3 is 12.0 Å². The number of carbonyl (C=O) groups excluding carboxylic acids is 1. The molecule has 104 valence electrons. The van der Waals surface area contributed by atoms with Gasteiger partial charge in [0.05, 0.1) is 12.0 Å². The third-order valence-electron chi connectivity index (χ3n) is 2.96. The maximum Gasteiger partial charge on any atom is 0.317 e. The van der Waals surface area contributed by atoms with Crippen LogP contribution < -0.4 is 5.32 Å². The van der Waals surface area contributed by atoms with E-state index in [1.165, 1.54) is 4.90 Å². The van der Waals surface area contributed by atoms with E-state index in [9.17, 15) is 9.59 Å². The summed E-state index contributed by atoms with van der Waals surface area (Å²) in [5.74, 6) is -1.49. The number of amides is 2. The van der Waals surface area contributed by atoms with Crippen molar-refractivity contribution in [1.29, 1.82) is 0 Å². The minimum Gasteiger partial charge on any atom is -0.481 e. The second-order valence-electron chi connectivity index (χ2n) is 4.70. The van der Waals surface area contributed by atoms with E-state index in [0.29, 0.717) is 0 Å². The van der Waals surface area contributed by atoms with Crippen LogP contribution in [0.2, 0.25) is 0 Å². The molecular formula is C14H20N2O3. The molecule has 0 saturated heterocycles. The van der Waals surface area contributed by atoms with Crippen LogP contribution in [0.3, 0.4) is 0 Å². The number of nitrogens with one attached hydrogen (secondary N) is 1. The predicted octanol–water partition coefficient (Wildman–Crippen LogP) is 2.11. The lowest BCUT2D eigenvalue weighted by atomic mass is 10.1. The first-order chi connectivity index (χ1) is 8.91. The number of aliphatic carboxylic acids is 1. The van der Waals surface area contributed by atoms with Crippen LogP contribution in [0, 0.1) is 5.92 Å². The first kappa shape index (κ1) is 15.0. The molecule has 1 rings (SSSR count). The first-order valence-corrected chi connectivity index (χ1v) is 6.21. The number of hydrogen-bond acceptors (Lipinski definition) is 2. The molecule has 2 unspecified atom stereocenters. The van der Waals surface area contributed by atoms with Crippen molar-refractivity contribution in [2.75, 3.05) is 13.6 Å². The number of hydrogen-bond donors (Lipinski definition) is 2. The van der Waals surface area contributed by atoms with E-state index in [1.54, 1.807) is 14.0 Å². The molecule has 0 bridgehead atoms. The van der Waals surface area contributed by atoms with Gasteiger partial charge in [-0.25, -0.2) is 4.79 Å². The molecule has 0 aromatic heterocycles. The monoisotopic (exact) mass is 264 g/mol. The van der Waals surface area contributed by atoms with E-state index < -0.39 is 11.9 Å². The Bertz CT molecular complexity index is 434.